The predicted octanol–water partition coefficient (Wildman–Crippen LogP) is -0.619. The number of hydrogen-bond acceptors (Lipinski definition) is 6. The summed E-state index contributed by atoms with van der Waals surface area (Å²) >= 11 is 0. The van der Waals surface area contributed by atoms with Crippen molar-refractivity contribution in [2.24, 2.45) is 0 Å². The fraction of sp³-hybridized carbons (Fsp3) is 0.500. The first kappa shape index (κ1) is 19.2. The minimum atomic E-state index is -1.29. The number of amides is 4. The van der Waals surface area contributed by atoms with Crippen LogP contribution >= 0.6 is 0 Å². The monoisotopic (exact) mass is 316 g/mol. The van der Waals surface area contributed by atoms with Gasteiger partial charge in [0.1, 0.15) is 0 Å². The second kappa shape index (κ2) is 8.49. The maximum Gasteiger partial charge on any atom is 0.303 e. The Hall–Kier alpha value is -2.78. The summed E-state index contributed by atoms with van der Waals surface area (Å²) in [6.07, 6.45) is -2.36. The Balaban J connectivity index is 5.27. The number of nitrogens with zero attached hydrogens (tertiary/aromatic N) is 2. The maximum absolute atomic E-state index is 11.9. The number of hydrogen-bond donors (Lipinski definition) is 2. The molecule has 0 aliphatic rings. The van der Waals surface area contributed by atoms with Gasteiger partial charge in [0.15, 0.2) is 0 Å². The molecule has 0 heterocycles. The summed E-state index contributed by atoms with van der Waals surface area (Å²) in [6.45, 7) is 1.83. The van der Waals surface area contributed by atoms with Crippen LogP contribution in [0.5, 0.6) is 0 Å². The van der Waals surface area contributed by atoms with Gasteiger partial charge in [-0.1, -0.05) is 0 Å². The molecule has 0 unspecified atom stereocenters. The molecule has 2 N–H and O–H groups in total. The van der Waals surface area contributed by atoms with Crippen LogP contribution in [0.1, 0.15) is 39.5 Å². The molecule has 0 saturated heterocycles. The van der Waals surface area contributed by atoms with Crippen molar-refractivity contribution in [3.8, 4) is 0 Å². The summed E-state index contributed by atoms with van der Waals surface area (Å²) in [7, 11) is 0. The molecule has 22 heavy (non-hydrogen) atoms. The van der Waals surface area contributed by atoms with E-state index in [0.717, 1.165) is 13.8 Å². The molecule has 4 amide bonds. The van der Waals surface area contributed by atoms with E-state index in [9.17, 15) is 28.8 Å². The number of carboxylic acids is 2. The van der Waals surface area contributed by atoms with Crippen molar-refractivity contribution in [3.05, 3.63) is 0 Å². The molecule has 0 aromatic rings. The van der Waals surface area contributed by atoms with Crippen molar-refractivity contribution in [1.29, 1.82) is 0 Å². The van der Waals surface area contributed by atoms with E-state index >= 15 is 0 Å². The average Bonchev–Trinajstić information content (AvgIpc) is 2.38. The molecule has 0 aliphatic heterocycles. The normalized spacial score (nSPS) is 9.73. The van der Waals surface area contributed by atoms with Crippen LogP contribution in [0.15, 0.2) is 0 Å². The number of aliphatic carboxylic acids is 2. The lowest BCUT2D eigenvalue weighted by molar-refractivity contribution is -0.179. The molecular weight excluding hydrogens is 300 g/mol. The lowest BCUT2D eigenvalue weighted by Gasteiger charge is -2.29. The molecule has 0 atom stereocenters. The molecule has 10 nitrogen and oxygen atoms in total. The Morgan fingerprint density at radius 3 is 1.09 bits per heavy atom. The number of carbonyl (C=O) groups excluding carboxylic acids is 4. The van der Waals surface area contributed by atoms with Crippen molar-refractivity contribution in [2.75, 3.05) is 0 Å². The Morgan fingerprint density at radius 2 is 0.909 bits per heavy atom. The van der Waals surface area contributed by atoms with E-state index in [0.29, 0.717) is 0 Å². The molecule has 0 aliphatic carbocycles. The summed E-state index contributed by atoms with van der Waals surface area (Å²) in [5, 5.41) is 17.5. The van der Waals surface area contributed by atoms with Gasteiger partial charge in [0.05, 0.1) is 12.8 Å². The van der Waals surface area contributed by atoms with E-state index in [1.54, 1.807) is 0 Å². The zero-order valence-corrected chi connectivity index (χ0v) is 12.1. The highest BCUT2D eigenvalue weighted by atomic mass is 16.4. The third-order valence-electron chi connectivity index (χ3n) is 2.37. The minimum Gasteiger partial charge on any atom is -0.481 e. The molecule has 10 heteroatoms. The Bertz CT molecular complexity index is 467. The first-order chi connectivity index (χ1) is 10.1. The summed E-state index contributed by atoms with van der Waals surface area (Å²) in [4.78, 5) is 67.6. The molecular formula is C12H16N2O8. The van der Waals surface area contributed by atoms with Crippen LogP contribution in [-0.2, 0) is 28.8 Å². The summed E-state index contributed by atoms with van der Waals surface area (Å²) in [5.41, 5.74) is 0. The molecule has 0 saturated carbocycles. The SMILES string of the molecule is CC(=O)N(C(=O)CCC(=O)O)N(C(C)=O)C(=O)CCC(=O)O. The van der Waals surface area contributed by atoms with Gasteiger partial charge in [0.2, 0.25) is 23.6 Å². The predicted molar refractivity (Wildman–Crippen MR) is 68.8 cm³/mol. The second-order valence-corrected chi connectivity index (χ2v) is 4.24. The first-order valence-electron chi connectivity index (χ1n) is 6.18. The van der Waals surface area contributed by atoms with Crippen molar-refractivity contribution in [3.63, 3.8) is 0 Å². The van der Waals surface area contributed by atoms with Gasteiger partial charge in [0, 0.05) is 26.7 Å². The van der Waals surface area contributed by atoms with Crippen molar-refractivity contribution < 1.29 is 39.0 Å². The number of imide groups is 2. The minimum absolute atomic E-state index is 0.232. The summed E-state index contributed by atoms with van der Waals surface area (Å²) < 4.78 is 0. The lowest BCUT2D eigenvalue weighted by atomic mass is 10.2. The molecule has 0 spiro atoms. The number of rotatable bonds is 6. The summed E-state index contributed by atoms with van der Waals surface area (Å²) in [5.74, 6) is -6.60. The van der Waals surface area contributed by atoms with Crippen LogP contribution in [0, 0.1) is 0 Å². The number of hydrazine groups is 1. The average molecular weight is 316 g/mol. The second-order valence-electron chi connectivity index (χ2n) is 4.24. The highest BCUT2D eigenvalue weighted by molar-refractivity contribution is 6.03. The number of carboxylic acid groups (broad SMARTS) is 2. The zero-order valence-electron chi connectivity index (χ0n) is 12.1. The van der Waals surface area contributed by atoms with Gasteiger partial charge in [-0.05, 0) is 0 Å². The molecule has 0 radical (unpaired) electrons. The van der Waals surface area contributed by atoms with E-state index in [4.69, 9.17) is 10.2 Å². The molecule has 122 valence electrons. The van der Waals surface area contributed by atoms with Gasteiger partial charge in [0.25, 0.3) is 0 Å². The van der Waals surface area contributed by atoms with Gasteiger partial charge in [-0.15, -0.1) is 0 Å². The van der Waals surface area contributed by atoms with Gasteiger partial charge < -0.3 is 10.2 Å². The highest BCUT2D eigenvalue weighted by Gasteiger charge is 2.32. The highest BCUT2D eigenvalue weighted by Crippen LogP contribution is 2.09. The van der Waals surface area contributed by atoms with E-state index in [-0.39, 0.29) is 10.0 Å². The largest absolute Gasteiger partial charge is 0.481 e. The van der Waals surface area contributed by atoms with Crippen LogP contribution in [0.4, 0.5) is 0 Å². The van der Waals surface area contributed by atoms with Crippen LogP contribution in [-0.4, -0.2) is 55.8 Å². The quantitative estimate of drug-likeness (QED) is 0.616. The topological polar surface area (TPSA) is 149 Å². The van der Waals surface area contributed by atoms with Crippen molar-refractivity contribution in [1.82, 2.24) is 10.0 Å². The van der Waals surface area contributed by atoms with Gasteiger partial charge >= 0.3 is 11.9 Å². The van der Waals surface area contributed by atoms with E-state index < -0.39 is 61.3 Å². The lowest BCUT2D eigenvalue weighted by Crippen LogP contribution is -2.54. The van der Waals surface area contributed by atoms with Gasteiger partial charge in [-0.2, -0.15) is 10.0 Å². The standard InChI is InChI=1S/C12H16N2O8/c1-7(15)13(9(17)3-5-11(19)20)14(8(2)16)10(18)4-6-12(21)22/h3-6H2,1-2H3,(H,19,20)(H,21,22). The zero-order chi connectivity index (χ0) is 17.4. The molecule has 0 rings (SSSR count). The Morgan fingerprint density at radius 1 is 0.636 bits per heavy atom. The van der Waals surface area contributed by atoms with Gasteiger partial charge in [-0.3, -0.25) is 28.8 Å². The first-order valence-corrected chi connectivity index (χ1v) is 6.18. The Kier molecular flexibility index (Phi) is 7.42. The summed E-state index contributed by atoms with van der Waals surface area (Å²) in [6, 6.07) is 0. The smallest absolute Gasteiger partial charge is 0.303 e. The Labute approximate surface area is 125 Å². The van der Waals surface area contributed by atoms with Crippen LogP contribution < -0.4 is 0 Å². The van der Waals surface area contributed by atoms with Crippen LogP contribution in [0.25, 0.3) is 0 Å². The van der Waals surface area contributed by atoms with Crippen molar-refractivity contribution in [2.45, 2.75) is 39.5 Å². The van der Waals surface area contributed by atoms with E-state index in [2.05, 4.69) is 0 Å². The maximum atomic E-state index is 11.9. The third kappa shape index (κ3) is 6.11. The van der Waals surface area contributed by atoms with Crippen LogP contribution in [0.2, 0.25) is 0 Å². The fourth-order valence-electron chi connectivity index (χ4n) is 1.50. The molecule has 0 aromatic carbocycles. The number of carbonyl (C=O) groups is 6. The van der Waals surface area contributed by atoms with Crippen LogP contribution in [0.3, 0.4) is 0 Å². The van der Waals surface area contributed by atoms with Crippen molar-refractivity contribution >= 4 is 35.6 Å². The van der Waals surface area contributed by atoms with E-state index in [1.165, 1.54) is 0 Å². The van der Waals surface area contributed by atoms with E-state index in [1.807, 2.05) is 0 Å². The molecule has 0 aromatic heterocycles. The molecule has 0 bridgehead atoms. The third-order valence-corrected chi connectivity index (χ3v) is 2.37. The van der Waals surface area contributed by atoms with Gasteiger partial charge in [-0.25, -0.2) is 0 Å². The fourth-order valence-corrected chi connectivity index (χ4v) is 1.50. The molecule has 0 fully saturated rings.